The van der Waals surface area contributed by atoms with Gasteiger partial charge in [0.15, 0.2) is 0 Å². The molecule has 0 unspecified atom stereocenters. The van der Waals surface area contributed by atoms with Crippen molar-refractivity contribution in [2.75, 3.05) is 0 Å². The number of hydrogen-bond acceptors (Lipinski definition) is 0. The van der Waals surface area contributed by atoms with Crippen LogP contribution in [0.4, 0.5) is 0 Å². The van der Waals surface area contributed by atoms with Crippen molar-refractivity contribution in [2.24, 2.45) is 0 Å². The van der Waals surface area contributed by atoms with Crippen molar-refractivity contribution in [1.29, 1.82) is 0 Å². The van der Waals surface area contributed by atoms with Gasteiger partial charge in [0.1, 0.15) is 0 Å². The molecule has 0 aliphatic heterocycles. The molecule has 0 aliphatic rings. The predicted octanol–water partition coefficient (Wildman–Crippen LogP) is 4.60. The van der Waals surface area contributed by atoms with E-state index in [9.17, 15) is 0 Å². The van der Waals surface area contributed by atoms with Crippen LogP contribution in [0.2, 0.25) is 0 Å². The second-order valence-corrected chi connectivity index (χ2v) is 4.17. The van der Waals surface area contributed by atoms with E-state index in [1.807, 2.05) is 0 Å². The van der Waals surface area contributed by atoms with Crippen molar-refractivity contribution >= 4 is 0 Å². The Labute approximate surface area is 116 Å². The van der Waals surface area contributed by atoms with Gasteiger partial charge in [0.25, 0.3) is 0 Å². The van der Waals surface area contributed by atoms with Crippen molar-refractivity contribution in [3.63, 3.8) is 0 Å². The maximum Gasteiger partial charge on any atom is 0 e. The van der Waals surface area contributed by atoms with Crippen LogP contribution < -0.4 is 0 Å². The minimum absolute atomic E-state index is 0. The summed E-state index contributed by atoms with van der Waals surface area (Å²) in [6.07, 6.45) is 0. The van der Waals surface area contributed by atoms with Crippen molar-refractivity contribution in [2.45, 2.75) is 27.7 Å². The SMILES string of the molecule is Cc1ccccc1C.Cc1ccccc1C.[Fe]. The van der Waals surface area contributed by atoms with Crippen LogP contribution >= 0.6 is 0 Å². The van der Waals surface area contributed by atoms with E-state index < -0.39 is 0 Å². The van der Waals surface area contributed by atoms with Gasteiger partial charge in [-0.25, -0.2) is 0 Å². The van der Waals surface area contributed by atoms with Gasteiger partial charge >= 0.3 is 0 Å². The minimum atomic E-state index is 0. The summed E-state index contributed by atoms with van der Waals surface area (Å²) in [4.78, 5) is 0. The first kappa shape index (κ1) is 16.0. The maximum absolute atomic E-state index is 2.12. The van der Waals surface area contributed by atoms with Gasteiger partial charge in [-0.2, -0.15) is 0 Å². The van der Waals surface area contributed by atoms with Gasteiger partial charge in [-0.15, -0.1) is 0 Å². The molecule has 92 valence electrons. The van der Waals surface area contributed by atoms with Crippen LogP contribution in [-0.4, -0.2) is 0 Å². The monoisotopic (exact) mass is 268 g/mol. The van der Waals surface area contributed by atoms with Crippen LogP contribution in [0.1, 0.15) is 22.3 Å². The van der Waals surface area contributed by atoms with Crippen LogP contribution in [-0.2, 0) is 17.1 Å². The first-order valence-corrected chi connectivity index (χ1v) is 5.65. The molecule has 0 saturated heterocycles. The van der Waals surface area contributed by atoms with E-state index in [-0.39, 0.29) is 17.1 Å². The van der Waals surface area contributed by atoms with Gasteiger partial charge in [0, 0.05) is 17.1 Å². The predicted molar refractivity (Wildman–Crippen MR) is 71.8 cm³/mol. The molecule has 2 rings (SSSR count). The zero-order valence-corrected chi connectivity index (χ0v) is 12.1. The normalized spacial score (nSPS) is 8.71. The molecule has 0 aliphatic carbocycles. The summed E-state index contributed by atoms with van der Waals surface area (Å²) >= 11 is 0. The zero-order valence-electron chi connectivity index (χ0n) is 11.0. The largest absolute Gasteiger partial charge is 0.0620 e. The Kier molecular flexibility index (Phi) is 7.61. The molecule has 0 radical (unpaired) electrons. The van der Waals surface area contributed by atoms with Gasteiger partial charge in [0.2, 0.25) is 0 Å². The Morgan fingerprint density at radius 2 is 0.647 bits per heavy atom. The summed E-state index contributed by atoms with van der Waals surface area (Å²) in [5.74, 6) is 0. The molecule has 0 amide bonds. The third-order valence-corrected chi connectivity index (χ3v) is 2.85. The molecule has 17 heavy (non-hydrogen) atoms. The first-order chi connectivity index (χ1) is 7.61. The van der Waals surface area contributed by atoms with E-state index in [1.54, 1.807) is 0 Å². The summed E-state index contributed by atoms with van der Waals surface area (Å²) in [5.41, 5.74) is 5.47. The second kappa shape index (κ2) is 8.11. The zero-order chi connectivity index (χ0) is 12.0. The van der Waals surface area contributed by atoms with Crippen LogP contribution in [0.25, 0.3) is 0 Å². The molecule has 0 aromatic heterocycles. The minimum Gasteiger partial charge on any atom is -0.0620 e. The van der Waals surface area contributed by atoms with E-state index in [1.165, 1.54) is 22.3 Å². The number of benzene rings is 2. The molecule has 0 fully saturated rings. The average molecular weight is 268 g/mol. The van der Waals surface area contributed by atoms with Crippen LogP contribution in [0.3, 0.4) is 0 Å². The molecule has 0 nitrogen and oxygen atoms in total. The van der Waals surface area contributed by atoms with E-state index in [0.29, 0.717) is 0 Å². The van der Waals surface area contributed by atoms with Crippen molar-refractivity contribution in [1.82, 2.24) is 0 Å². The summed E-state index contributed by atoms with van der Waals surface area (Å²) < 4.78 is 0. The van der Waals surface area contributed by atoms with E-state index in [4.69, 9.17) is 0 Å². The third kappa shape index (κ3) is 5.72. The molecule has 0 atom stereocenters. The second-order valence-electron chi connectivity index (χ2n) is 4.17. The number of aryl methyl sites for hydroxylation is 4. The molecular formula is C16H20Fe. The Balaban J connectivity index is 0.000000284. The molecule has 0 spiro atoms. The van der Waals surface area contributed by atoms with E-state index in [2.05, 4.69) is 76.2 Å². The van der Waals surface area contributed by atoms with Gasteiger partial charge in [-0.1, -0.05) is 48.5 Å². The fourth-order valence-electron chi connectivity index (χ4n) is 1.33. The first-order valence-electron chi connectivity index (χ1n) is 5.65. The van der Waals surface area contributed by atoms with Crippen LogP contribution in [0, 0.1) is 27.7 Å². The standard InChI is InChI=1S/2C8H10.Fe/c2*1-7-5-3-4-6-8(7)2;/h2*3-6H,1-2H3;. The topological polar surface area (TPSA) is 0 Å². The van der Waals surface area contributed by atoms with E-state index in [0.717, 1.165) is 0 Å². The number of hydrogen-bond donors (Lipinski definition) is 0. The molecule has 0 bridgehead atoms. The third-order valence-electron chi connectivity index (χ3n) is 2.85. The van der Waals surface area contributed by atoms with Crippen molar-refractivity contribution in [3.05, 3.63) is 70.8 Å². The van der Waals surface area contributed by atoms with Gasteiger partial charge in [0.05, 0.1) is 0 Å². The summed E-state index contributed by atoms with van der Waals surface area (Å²) in [6, 6.07) is 16.7. The van der Waals surface area contributed by atoms with Gasteiger partial charge < -0.3 is 0 Å². The fraction of sp³-hybridized carbons (Fsp3) is 0.250. The van der Waals surface area contributed by atoms with Gasteiger partial charge in [-0.3, -0.25) is 0 Å². The van der Waals surface area contributed by atoms with Crippen molar-refractivity contribution < 1.29 is 17.1 Å². The average Bonchev–Trinajstić information content (AvgIpc) is 2.28. The molecule has 0 saturated carbocycles. The fourth-order valence-corrected chi connectivity index (χ4v) is 1.33. The van der Waals surface area contributed by atoms with E-state index >= 15 is 0 Å². The summed E-state index contributed by atoms with van der Waals surface area (Å²) in [6.45, 7) is 8.48. The molecule has 2 aromatic rings. The molecule has 1 heteroatoms. The smallest absolute Gasteiger partial charge is 0 e. The number of rotatable bonds is 0. The Morgan fingerprint density at radius 3 is 0.765 bits per heavy atom. The van der Waals surface area contributed by atoms with Crippen molar-refractivity contribution in [3.8, 4) is 0 Å². The van der Waals surface area contributed by atoms with Crippen LogP contribution in [0.5, 0.6) is 0 Å². The molecule has 0 heterocycles. The summed E-state index contributed by atoms with van der Waals surface area (Å²) in [5, 5.41) is 0. The quantitative estimate of drug-likeness (QED) is 0.612. The Hall–Kier alpha value is -1.04. The molecule has 2 aromatic carbocycles. The molecule has 0 N–H and O–H groups in total. The van der Waals surface area contributed by atoms with Gasteiger partial charge in [-0.05, 0) is 49.9 Å². The Bertz CT molecular complexity index is 361. The summed E-state index contributed by atoms with van der Waals surface area (Å²) in [7, 11) is 0. The Morgan fingerprint density at radius 1 is 0.471 bits per heavy atom. The maximum atomic E-state index is 2.12. The van der Waals surface area contributed by atoms with Crippen LogP contribution in [0.15, 0.2) is 48.5 Å². The molecular weight excluding hydrogens is 248 g/mol.